The third-order valence-corrected chi connectivity index (χ3v) is 2.37. The second-order valence-electron chi connectivity index (χ2n) is 2.72. The second-order valence-corrected chi connectivity index (χ2v) is 3.62. The molecule has 1 amide bonds. The SMILES string of the molecule is NNc1cnc(C(=O)Nc2nccs2)cn1. The number of hydrazine groups is 1. The van der Waals surface area contributed by atoms with Gasteiger partial charge in [-0.3, -0.25) is 10.1 Å². The lowest BCUT2D eigenvalue weighted by atomic mass is 10.4. The van der Waals surface area contributed by atoms with Gasteiger partial charge >= 0.3 is 0 Å². The molecule has 0 aliphatic carbocycles. The maximum atomic E-state index is 11.6. The fourth-order valence-electron chi connectivity index (χ4n) is 0.966. The van der Waals surface area contributed by atoms with Crippen LogP contribution in [0.15, 0.2) is 24.0 Å². The highest BCUT2D eigenvalue weighted by molar-refractivity contribution is 7.13. The number of nitrogens with one attached hydrogen (secondary N) is 2. The number of anilines is 2. The van der Waals surface area contributed by atoms with E-state index in [1.807, 2.05) is 0 Å². The summed E-state index contributed by atoms with van der Waals surface area (Å²) >= 11 is 1.33. The van der Waals surface area contributed by atoms with E-state index in [0.717, 1.165) is 0 Å². The van der Waals surface area contributed by atoms with Gasteiger partial charge in [0.25, 0.3) is 5.91 Å². The zero-order valence-electron chi connectivity index (χ0n) is 8.04. The Morgan fingerprint density at radius 2 is 2.19 bits per heavy atom. The van der Waals surface area contributed by atoms with Crippen molar-refractivity contribution in [2.75, 3.05) is 10.7 Å². The van der Waals surface area contributed by atoms with Gasteiger partial charge in [0, 0.05) is 11.6 Å². The molecule has 16 heavy (non-hydrogen) atoms. The molecular formula is C8H8N6OS. The van der Waals surface area contributed by atoms with Crippen molar-refractivity contribution in [2.24, 2.45) is 5.84 Å². The minimum absolute atomic E-state index is 0.203. The van der Waals surface area contributed by atoms with Crippen LogP contribution in [0.4, 0.5) is 10.9 Å². The first kappa shape index (κ1) is 10.5. The smallest absolute Gasteiger partial charge is 0.277 e. The molecule has 0 fully saturated rings. The molecule has 0 saturated carbocycles. The quantitative estimate of drug-likeness (QED) is 0.528. The number of nitrogens with two attached hydrogens (primary N) is 1. The van der Waals surface area contributed by atoms with E-state index < -0.39 is 0 Å². The van der Waals surface area contributed by atoms with E-state index in [-0.39, 0.29) is 11.6 Å². The fourth-order valence-corrected chi connectivity index (χ4v) is 1.49. The van der Waals surface area contributed by atoms with Crippen molar-refractivity contribution >= 4 is 28.2 Å². The Hall–Kier alpha value is -2.06. The summed E-state index contributed by atoms with van der Waals surface area (Å²) in [6.45, 7) is 0. The topological polar surface area (TPSA) is 106 Å². The molecule has 0 spiro atoms. The maximum absolute atomic E-state index is 11.6. The molecule has 0 atom stereocenters. The molecule has 0 saturated heterocycles. The number of hydrogen-bond donors (Lipinski definition) is 3. The molecule has 0 aliphatic rings. The predicted molar refractivity (Wildman–Crippen MR) is 59.9 cm³/mol. The minimum Gasteiger partial charge on any atom is -0.307 e. The van der Waals surface area contributed by atoms with Gasteiger partial charge in [-0.25, -0.2) is 20.8 Å². The van der Waals surface area contributed by atoms with Crippen molar-refractivity contribution in [2.45, 2.75) is 0 Å². The summed E-state index contributed by atoms with van der Waals surface area (Å²) < 4.78 is 0. The lowest BCUT2D eigenvalue weighted by molar-refractivity contribution is 0.102. The van der Waals surface area contributed by atoms with E-state index in [0.29, 0.717) is 10.9 Å². The van der Waals surface area contributed by atoms with Crippen LogP contribution in [-0.4, -0.2) is 20.9 Å². The van der Waals surface area contributed by atoms with Crippen LogP contribution in [0.25, 0.3) is 0 Å². The highest BCUT2D eigenvalue weighted by Crippen LogP contribution is 2.11. The van der Waals surface area contributed by atoms with Gasteiger partial charge in [0.1, 0.15) is 5.69 Å². The standard InChI is InChI=1S/C8H8N6OS/c9-14-6-4-11-5(3-12-6)7(15)13-8-10-1-2-16-8/h1-4H,9H2,(H,12,14)(H,10,13,15). The van der Waals surface area contributed by atoms with E-state index in [1.165, 1.54) is 23.7 Å². The highest BCUT2D eigenvalue weighted by atomic mass is 32.1. The zero-order valence-corrected chi connectivity index (χ0v) is 8.86. The Morgan fingerprint density at radius 1 is 1.31 bits per heavy atom. The molecule has 82 valence electrons. The fraction of sp³-hybridized carbons (Fsp3) is 0. The van der Waals surface area contributed by atoms with E-state index in [2.05, 4.69) is 25.7 Å². The molecule has 7 nitrogen and oxygen atoms in total. The average molecular weight is 236 g/mol. The first-order valence-corrected chi connectivity index (χ1v) is 5.17. The van der Waals surface area contributed by atoms with Gasteiger partial charge in [0.2, 0.25) is 0 Å². The monoisotopic (exact) mass is 236 g/mol. The number of nitrogen functional groups attached to an aromatic ring is 1. The number of rotatable bonds is 3. The van der Waals surface area contributed by atoms with Crippen LogP contribution in [0.1, 0.15) is 10.5 Å². The van der Waals surface area contributed by atoms with Gasteiger partial charge in [-0.05, 0) is 0 Å². The Morgan fingerprint density at radius 3 is 2.75 bits per heavy atom. The predicted octanol–water partition coefficient (Wildman–Crippen LogP) is 0.471. The summed E-state index contributed by atoms with van der Waals surface area (Å²) in [5.41, 5.74) is 2.53. The summed E-state index contributed by atoms with van der Waals surface area (Å²) in [7, 11) is 0. The van der Waals surface area contributed by atoms with E-state index in [4.69, 9.17) is 5.84 Å². The van der Waals surface area contributed by atoms with Crippen molar-refractivity contribution in [3.8, 4) is 0 Å². The third-order valence-electron chi connectivity index (χ3n) is 1.69. The molecule has 8 heteroatoms. The largest absolute Gasteiger partial charge is 0.307 e. The summed E-state index contributed by atoms with van der Waals surface area (Å²) in [4.78, 5) is 23.3. The maximum Gasteiger partial charge on any atom is 0.277 e. The van der Waals surface area contributed by atoms with Gasteiger partial charge in [0.05, 0.1) is 12.4 Å². The molecule has 0 unspecified atom stereocenters. The molecule has 2 aromatic heterocycles. The van der Waals surface area contributed by atoms with Gasteiger partial charge in [-0.1, -0.05) is 0 Å². The number of thiazole rings is 1. The lowest BCUT2D eigenvalue weighted by Crippen LogP contribution is -2.15. The van der Waals surface area contributed by atoms with Gasteiger partial charge in [0.15, 0.2) is 10.9 Å². The molecule has 0 aliphatic heterocycles. The first-order chi connectivity index (χ1) is 7.79. The van der Waals surface area contributed by atoms with Crippen molar-refractivity contribution < 1.29 is 4.79 Å². The van der Waals surface area contributed by atoms with Crippen LogP contribution in [-0.2, 0) is 0 Å². The van der Waals surface area contributed by atoms with Crippen LogP contribution in [0, 0.1) is 0 Å². The van der Waals surface area contributed by atoms with Crippen LogP contribution in [0.3, 0.4) is 0 Å². The van der Waals surface area contributed by atoms with Crippen molar-refractivity contribution in [1.29, 1.82) is 0 Å². The Bertz CT molecular complexity index is 468. The second kappa shape index (κ2) is 4.64. The molecule has 2 heterocycles. The summed E-state index contributed by atoms with van der Waals surface area (Å²) in [5, 5.41) is 4.88. The molecular weight excluding hydrogens is 228 g/mol. The summed E-state index contributed by atoms with van der Waals surface area (Å²) in [6, 6.07) is 0. The molecule has 2 aromatic rings. The Balaban J connectivity index is 2.09. The van der Waals surface area contributed by atoms with Crippen molar-refractivity contribution in [3.63, 3.8) is 0 Å². The van der Waals surface area contributed by atoms with Crippen LogP contribution >= 0.6 is 11.3 Å². The lowest BCUT2D eigenvalue weighted by Gasteiger charge is -2.01. The van der Waals surface area contributed by atoms with Crippen LogP contribution in [0.2, 0.25) is 0 Å². The van der Waals surface area contributed by atoms with Crippen molar-refractivity contribution in [1.82, 2.24) is 15.0 Å². The van der Waals surface area contributed by atoms with Gasteiger partial charge in [-0.2, -0.15) is 0 Å². The number of nitrogens with zero attached hydrogens (tertiary/aromatic N) is 3. The van der Waals surface area contributed by atoms with Gasteiger partial charge in [-0.15, -0.1) is 11.3 Å². The van der Waals surface area contributed by atoms with Crippen molar-refractivity contribution in [3.05, 3.63) is 29.7 Å². The normalized spacial score (nSPS) is 9.81. The number of carbonyl (C=O) groups is 1. The third kappa shape index (κ3) is 2.30. The Kier molecular flexibility index (Phi) is 3.03. The number of carbonyl (C=O) groups excluding carboxylic acids is 1. The van der Waals surface area contributed by atoms with Crippen LogP contribution < -0.4 is 16.6 Å². The molecule has 0 aromatic carbocycles. The number of aromatic nitrogens is 3. The van der Waals surface area contributed by atoms with Crippen LogP contribution in [0.5, 0.6) is 0 Å². The first-order valence-electron chi connectivity index (χ1n) is 4.29. The molecule has 0 radical (unpaired) electrons. The summed E-state index contributed by atoms with van der Waals surface area (Å²) in [6.07, 6.45) is 4.31. The van der Waals surface area contributed by atoms with Gasteiger partial charge < -0.3 is 5.43 Å². The van der Waals surface area contributed by atoms with E-state index in [9.17, 15) is 4.79 Å². The minimum atomic E-state index is -0.356. The molecule has 4 N–H and O–H groups in total. The summed E-state index contributed by atoms with van der Waals surface area (Å²) in [5.74, 6) is 5.16. The molecule has 0 bridgehead atoms. The number of amides is 1. The number of hydrogen-bond acceptors (Lipinski definition) is 7. The average Bonchev–Trinajstić information content (AvgIpc) is 2.82. The zero-order chi connectivity index (χ0) is 11.4. The Labute approximate surface area is 94.7 Å². The highest BCUT2D eigenvalue weighted by Gasteiger charge is 2.09. The van der Waals surface area contributed by atoms with E-state index >= 15 is 0 Å². The molecule has 2 rings (SSSR count). The van der Waals surface area contributed by atoms with E-state index in [1.54, 1.807) is 11.6 Å².